The van der Waals surface area contributed by atoms with Crippen molar-refractivity contribution in [3.8, 4) is 5.69 Å². The van der Waals surface area contributed by atoms with Crippen LogP contribution in [0, 0.1) is 31.3 Å². The van der Waals surface area contributed by atoms with E-state index in [9.17, 15) is 13.2 Å². The zero-order chi connectivity index (χ0) is 19.1. The average molecular weight is 368 g/mol. The van der Waals surface area contributed by atoms with E-state index in [1.165, 1.54) is 24.5 Å². The first-order chi connectivity index (χ1) is 13.0. The summed E-state index contributed by atoms with van der Waals surface area (Å²) in [6, 6.07) is 9.77. The lowest BCUT2D eigenvalue weighted by atomic mass is 10.2. The molecule has 4 nitrogen and oxygen atoms in total. The molecule has 0 unspecified atom stereocenters. The molecule has 27 heavy (non-hydrogen) atoms. The Morgan fingerprint density at radius 3 is 2.48 bits per heavy atom. The van der Waals surface area contributed by atoms with Crippen LogP contribution in [0.3, 0.4) is 0 Å². The van der Waals surface area contributed by atoms with E-state index >= 15 is 0 Å². The van der Waals surface area contributed by atoms with E-state index in [-0.39, 0.29) is 5.82 Å². The molecule has 0 aliphatic carbocycles. The predicted octanol–water partition coefficient (Wildman–Crippen LogP) is 5.20. The Morgan fingerprint density at radius 1 is 0.926 bits per heavy atom. The second-order valence-corrected chi connectivity index (χ2v) is 6.20. The normalized spacial score (nSPS) is 11.1. The van der Waals surface area contributed by atoms with Gasteiger partial charge in [0.1, 0.15) is 18.0 Å². The van der Waals surface area contributed by atoms with Crippen molar-refractivity contribution in [2.24, 2.45) is 0 Å². The van der Waals surface area contributed by atoms with E-state index in [0.29, 0.717) is 22.8 Å². The van der Waals surface area contributed by atoms with Gasteiger partial charge in [-0.05, 0) is 49.7 Å². The van der Waals surface area contributed by atoms with E-state index in [4.69, 9.17) is 0 Å². The second-order valence-electron chi connectivity index (χ2n) is 6.20. The minimum Gasteiger partial charge on any atom is -0.339 e. The van der Waals surface area contributed by atoms with E-state index in [0.717, 1.165) is 28.8 Å². The van der Waals surface area contributed by atoms with Crippen LogP contribution in [0.2, 0.25) is 0 Å². The van der Waals surface area contributed by atoms with Gasteiger partial charge < -0.3 is 5.32 Å². The third kappa shape index (κ3) is 2.91. The molecular formula is C20H15F3N4. The third-order valence-corrected chi connectivity index (χ3v) is 4.54. The Balaban J connectivity index is 1.89. The van der Waals surface area contributed by atoms with Crippen molar-refractivity contribution in [1.82, 2.24) is 14.5 Å². The average Bonchev–Trinajstić information content (AvgIpc) is 2.90. The van der Waals surface area contributed by atoms with E-state index in [1.54, 1.807) is 12.1 Å². The first kappa shape index (κ1) is 17.1. The predicted molar refractivity (Wildman–Crippen MR) is 97.9 cm³/mol. The summed E-state index contributed by atoms with van der Waals surface area (Å²) < 4.78 is 42.2. The first-order valence-electron chi connectivity index (χ1n) is 8.26. The van der Waals surface area contributed by atoms with E-state index < -0.39 is 11.6 Å². The maximum atomic E-state index is 13.7. The van der Waals surface area contributed by atoms with Crippen molar-refractivity contribution in [3.05, 3.63) is 77.5 Å². The van der Waals surface area contributed by atoms with Crippen LogP contribution >= 0.6 is 0 Å². The molecule has 0 aliphatic heterocycles. The molecule has 0 radical (unpaired) electrons. The molecule has 0 fully saturated rings. The number of aryl methyl sites for hydroxylation is 1. The number of aromatic nitrogens is 3. The molecule has 136 valence electrons. The molecule has 0 atom stereocenters. The molecule has 2 aromatic carbocycles. The SMILES string of the molecule is Cc1c(C)n(-c2cccc(F)c2)c2ncnc(Nc3ccc(F)c(F)c3)c12. The molecule has 0 spiro atoms. The summed E-state index contributed by atoms with van der Waals surface area (Å²) in [5, 5.41) is 3.74. The standard InChI is InChI=1S/C20H15F3N4/c1-11-12(2)27(15-5-3-4-13(21)8-15)20-18(11)19(24-10-25-20)26-14-6-7-16(22)17(23)9-14/h3-10H,1-2H3,(H,24,25,26). The van der Waals surface area contributed by atoms with Crippen molar-refractivity contribution in [2.75, 3.05) is 5.32 Å². The van der Waals surface area contributed by atoms with Gasteiger partial charge in [0.15, 0.2) is 17.3 Å². The molecule has 1 N–H and O–H groups in total. The van der Waals surface area contributed by atoms with E-state index in [2.05, 4.69) is 15.3 Å². The smallest absolute Gasteiger partial charge is 0.160 e. The summed E-state index contributed by atoms with van der Waals surface area (Å²) >= 11 is 0. The molecule has 0 aliphatic rings. The van der Waals surface area contributed by atoms with Crippen LogP contribution in [0.15, 0.2) is 48.8 Å². The topological polar surface area (TPSA) is 42.7 Å². The Morgan fingerprint density at radius 2 is 1.74 bits per heavy atom. The number of benzene rings is 2. The van der Waals surface area contributed by atoms with Crippen LogP contribution in [-0.2, 0) is 0 Å². The highest BCUT2D eigenvalue weighted by molar-refractivity contribution is 5.94. The van der Waals surface area contributed by atoms with Gasteiger partial charge in [0.2, 0.25) is 0 Å². The van der Waals surface area contributed by atoms with Crippen molar-refractivity contribution >= 4 is 22.5 Å². The summed E-state index contributed by atoms with van der Waals surface area (Å²) in [7, 11) is 0. The molecule has 2 aromatic heterocycles. The summed E-state index contributed by atoms with van der Waals surface area (Å²) in [5.74, 6) is -1.75. The fourth-order valence-corrected chi connectivity index (χ4v) is 3.14. The number of nitrogens with zero attached hydrogens (tertiary/aromatic N) is 3. The fraction of sp³-hybridized carbons (Fsp3) is 0.100. The van der Waals surface area contributed by atoms with Crippen LogP contribution in [0.1, 0.15) is 11.3 Å². The largest absolute Gasteiger partial charge is 0.339 e. The number of nitrogens with one attached hydrogen (secondary N) is 1. The number of halogens is 3. The van der Waals surface area contributed by atoms with Crippen LogP contribution in [0.25, 0.3) is 16.7 Å². The van der Waals surface area contributed by atoms with Crippen LogP contribution < -0.4 is 5.32 Å². The Labute approximate surface area is 153 Å². The second kappa shape index (κ2) is 6.42. The molecule has 0 saturated heterocycles. The summed E-state index contributed by atoms with van der Waals surface area (Å²) in [4.78, 5) is 8.61. The molecular weight excluding hydrogens is 353 g/mol. The van der Waals surface area contributed by atoms with Crippen molar-refractivity contribution in [2.45, 2.75) is 13.8 Å². The van der Waals surface area contributed by atoms with Crippen LogP contribution in [-0.4, -0.2) is 14.5 Å². The monoisotopic (exact) mass is 368 g/mol. The van der Waals surface area contributed by atoms with Gasteiger partial charge in [0, 0.05) is 17.4 Å². The molecule has 7 heteroatoms. The molecule has 2 heterocycles. The highest BCUT2D eigenvalue weighted by Crippen LogP contribution is 2.32. The lowest BCUT2D eigenvalue weighted by molar-refractivity contribution is 0.509. The quantitative estimate of drug-likeness (QED) is 0.541. The number of anilines is 2. The van der Waals surface area contributed by atoms with Gasteiger partial charge >= 0.3 is 0 Å². The van der Waals surface area contributed by atoms with Gasteiger partial charge in [0.25, 0.3) is 0 Å². The first-order valence-corrected chi connectivity index (χ1v) is 8.26. The number of fused-ring (bicyclic) bond motifs is 1. The van der Waals surface area contributed by atoms with Gasteiger partial charge in [-0.25, -0.2) is 23.1 Å². The lowest BCUT2D eigenvalue weighted by Gasteiger charge is -2.09. The number of rotatable bonds is 3. The van der Waals surface area contributed by atoms with Crippen molar-refractivity contribution in [1.29, 1.82) is 0 Å². The molecule has 0 amide bonds. The lowest BCUT2D eigenvalue weighted by Crippen LogP contribution is -2.00. The molecule has 4 rings (SSSR count). The van der Waals surface area contributed by atoms with Gasteiger partial charge in [-0.1, -0.05) is 6.07 Å². The van der Waals surface area contributed by atoms with E-state index in [1.807, 2.05) is 18.4 Å². The highest BCUT2D eigenvalue weighted by atomic mass is 19.2. The van der Waals surface area contributed by atoms with Crippen molar-refractivity contribution < 1.29 is 13.2 Å². The molecule has 0 bridgehead atoms. The summed E-state index contributed by atoms with van der Waals surface area (Å²) in [6.45, 7) is 3.82. The zero-order valence-electron chi connectivity index (χ0n) is 14.6. The highest BCUT2D eigenvalue weighted by Gasteiger charge is 2.18. The number of hydrogen-bond donors (Lipinski definition) is 1. The third-order valence-electron chi connectivity index (χ3n) is 4.54. The van der Waals surface area contributed by atoms with Gasteiger partial charge in [-0.2, -0.15) is 0 Å². The van der Waals surface area contributed by atoms with Gasteiger partial charge in [-0.3, -0.25) is 4.57 Å². The van der Waals surface area contributed by atoms with Crippen LogP contribution in [0.4, 0.5) is 24.7 Å². The molecule has 0 saturated carbocycles. The fourth-order valence-electron chi connectivity index (χ4n) is 3.14. The van der Waals surface area contributed by atoms with Crippen LogP contribution in [0.5, 0.6) is 0 Å². The Hall–Kier alpha value is -3.35. The maximum absolute atomic E-state index is 13.7. The number of hydrogen-bond acceptors (Lipinski definition) is 3. The van der Waals surface area contributed by atoms with Gasteiger partial charge in [-0.15, -0.1) is 0 Å². The Bertz CT molecular complexity index is 1170. The summed E-state index contributed by atoms with van der Waals surface area (Å²) in [6.07, 6.45) is 1.37. The Kier molecular flexibility index (Phi) is 4.07. The molecule has 4 aromatic rings. The van der Waals surface area contributed by atoms with Gasteiger partial charge in [0.05, 0.1) is 11.1 Å². The maximum Gasteiger partial charge on any atom is 0.160 e. The van der Waals surface area contributed by atoms with Crippen molar-refractivity contribution in [3.63, 3.8) is 0 Å². The zero-order valence-corrected chi connectivity index (χ0v) is 14.6. The minimum absolute atomic E-state index is 0.347. The summed E-state index contributed by atoms with van der Waals surface area (Å²) in [5.41, 5.74) is 3.38. The minimum atomic E-state index is -0.949.